The molecule has 2 aromatic rings. The molecule has 2 aliphatic heterocycles. The van der Waals surface area contributed by atoms with Crippen LogP contribution in [0.15, 0.2) is 18.2 Å². The van der Waals surface area contributed by atoms with Crippen LogP contribution in [0.2, 0.25) is 0 Å². The van der Waals surface area contributed by atoms with Crippen LogP contribution in [-0.4, -0.2) is 77.9 Å². The molecule has 140 valence electrons. The molecule has 2 aliphatic rings. The number of rotatable bonds is 4. The second kappa shape index (κ2) is 7.41. The summed E-state index contributed by atoms with van der Waals surface area (Å²) in [6, 6.07) is 6.06. The minimum atomic E-state index is 0.163. The van der Waals surface area contributed by atoms with Crippen molar-refractivity contribution in [2.24, 2.45) is 0 Å². The smallest absolute Gasteiger partial charge is 0.256 e. The molecule has 5 nitrogen and oxygen atoms in total. The molecule has 4 rings (SSSR count). The van der Waals surface area contributed by atoms with Gasteiger partial charge in [0.05, 0.1) is 11.1 Å². The van der Waals surface area contributed by atoms with E-state index in [2.05, 4.69) is 34.7 Å². The van der Waals surface area contributed by atoms with Crippen molar-refractivity contribution in [3.05, 3.63) is 35.0 Å². The molecule has 0 saturated carbocycles. The van der Waals surface area contributed by atoms with Crippen molar-refractivity contribution >= 4 is 16.8 Å². The van der Waals surface area contributed by atoms with Crippen LogP contribution < -0.4 is 0 Å². The first-order chi connectivity index (χ1) is 12.6. The summed E-state index contributed by atoms with van der Waals surface area (Å²) < 4.78 is 0. The second-order valence-electron chi connectivity index (χ2n) is 7.79. The average molecular weight is 354 g/mol. The van der Waals surface area contributed by atoms with Crippen LogP contribution >= 0.6 is 0 Å². The van der Waals surface area contributed by atoms with Gasteiger partial charge in [-0.05, 0) is 51.4 Å². The fraction of sp³-hybridized carbons (Fsp3) is 0.571. The highest BCUT2D eigenvalue weighted by Crippen LogP contribution is 2.25. The summed E-state index contributed by atoms with van der Waals surface area (Å²) in [7, 11) is 0. The zero-order chi connectivity index (χ0) is 18.1. The number of fused-ring (bicyclic) bond motifs is 1. The number of piperazine rings is 1. The zero-order valence-corrected chi connectivity index (χ0v) is 16.1. The largest absolute Gasteiger partial charge is 0.358 e. The van der Waals surface area contributed by atoms with Gasteiger partial charge < -0.3 is 14.8 Å². The third kappa shape index (κ3) is 3.38. The standard InChI is InChI=1S/C21H30N4O/c1-16-17(2)22-20-18(16)6-5-7-19(20)21(26)25-14-12-24(13-15-25)11-10-23-8-3-4-9-23/h5-7,22H,3-4,8-15H2,1-2H3. The Balaban J connectivity index is 1.38. The second-order valence-corrected chi connectivity index (χ2v) is 7.79. The van der Waals surface area contributed by atoms with Crippen LogP contribution in [0.4, 0.5) is 0 Å². The molecule has 1 N–H and O–H groups in total. The first-order valence-electron chi connectivity index (χ1n) is 9.95. The van der Waals surface area contributed by atoms with E-state index >= 15 is 0 Å². The summed E-state index contributed by atoms with van der Waals surface area (Å²) in [5.41, 5.74) is 4.18. The van der Waals surface area contributed by atoms with Gasteiger partial charge in [-0.2, -0.15) is 0 Å². The number of hydrogen-bond donors (Lipinski definition) is 1. The van der Waals surface area contributed by atoms with E-state index in [1.807, 2.05) is 17.0 Å². The molecule has 1 amide bonds. The molecule has 0 aliphatic carbocycles. The third-order valence-electron chi connectivity index (χ3n) is 6.16. The molecule has 1 aromatic carbocycles. The highest BCUT2D eigenvalue weighted by molar-refractivity contribution is 6.06. The number of amides is 1. The van der Waals surface area contributed by atoms with Gasteiger partial charge >= 0.3 is 0 Å². The average Bonchev–Trinajstić information content (AvgIpc) is 3.28. The first-order valence-corrected chi connectivity index (χ1v) is 9.95. The number of hydrogen-bond acceptors (Lipinski definition) is 3. The minimum Gasteiger partial charge on any atom is -0.358 e. The lowest BCUT2D eigenvalue weighted by Gasteiger charge is -2.35. The van der Waals surface area contributed by atoms with Gasteiger partial charge in [0.25, 0.3) is 5.91 Å². The maximum absolute atomic E-state index is 13.1. The zero-order valence-electron chi connectivity index (χ0n) is 16.1. The Morgan fingerprint density at radius 2 is 1.62 bits per heavy atom. The summed E-state index contributed by atoms with van der Waals surface area (Å²) in [5, 5.41) is 1.16. The number of H-pyrrole nitrogens is 1. The molecule has 3 heterocycles. The molecular weight excluding hydrogens is 324 g/mol. The van der Waals surface area contributed by atoms with E-state index in [1.54, 1.807) is 0 Å². The van der Waals surface area contributed by atoms with Gasteiger partial charge in [-0.1, -0.05) is 12.1 Å². The van der Waals surface area contributed by atoms with Crippen LogP contribution in [0.3, 0.4) is 0 Å². The van der Waals surface area contributed by atoms with Gasteiger partial charge in [-0.15, -0.1) is 0 Å². The predicted molar refractivity (Wildman–Crippen MR) is 106 cm³/mol. The van der Waals surface area contributed by atoms with Crippen molar-refractivity contribution in [2.45, 2.75) is 26.7 Å². The molecule has 0 atom stereocenters. The topological polar surface area (TPSA) is 42.6 Å². The lowest BCUT2D eigenvalue weighted by molar-refractivity contribution is 0.0628. The van der Waals surface area contributed by atoms with Crippen molar-refractivity contribution in [1.82, 2.24) is 19.7 Å². The lowest BCUT2D eigenvalue weighted by Crippen LogP contribution is -2.50. The number of benzene rings is 1. The quantitative estimate of drug-likeness (QED) is 0.918. The highest BCUT2D eigenvalue weighted by Gasteiger charge is 2.24. The molecule has 26 heavy (non-hydrogen) atoms. The number of aromatic nitrogens is 1. The summed E-state index contributed by atoms with van der Waals surface area (Å²) >= 11 is 0. The summed E-state index contributed by atoms with van der Waals surface area (Å²) in [6.45, 7) is 12.6. The molecule has 5 heteroatoms. The number of carbonyl (C=O) groups excluding carboxylic acids is 1. The van der Waals surface area contributed by atoms with E-state index in [0.29, 0.717) is 0 Å². The molecule has 2 fully saturated rings. The van der Waals surface area contributed by atoms with E-state index in [1.165, 1.54) is 38.0 Å². The van der Waals surface area contributed by atoms with E-state index < -0.39 is 0 Å². The summed E-state index contributed by atoms with van der Waals surface area (Å²) in [4.78, 5) is 23.6. The molecule has 2 saturated heterocycles. The summed E-state index contributed by atoms with van der Waals surface area (Å²) in [5.74, 6) is 0.163. The van der Waals surface area contributed by atoms with E-state index in [0.717, 1.165) is 54.9 Å². The van der Waals surface area contributed by atoms with Crippen LogP contribution in [0.25, 0.3) is 10.9 Å². The van der Waals surface area contributed by atoms with Gasteiger partial charge in [0.1, 0.15) is 0 Å². The lowest BCUT2D eigenvalue weighted by atomic mass is 10.1. The number of nitrogens with zero attached hydrogens (tertiary/aromatic N) is 3. The van der Waals surface area contributed by atoms with E-state index in [9.17, 15) is 4.79 Å². The molecule has 0 spiro atoms. The number of carbonyl (C=O) groups is 1. The van der Waals surface area contributed by atoms with Crippen molar-refractivity contribution < 1.29 is 4.79 Å². The Hall–Kier alpha value is -1.85. The third-order valence-corrected chi connectivity index (χ3v) is 6.16. The normalized spacial score (nSPS) is 19.5. The Bertz CT molecular complexity index is 783. The maximum atomic E-state index is 13.1. The number of likely N-dealkylation sites (tertiary alicyclic amines) is 1. The fourth-order valence-corrected chi connectivity index (χ4v) is 4.29. The van der Waals surface area contributed by atoms with Crippen LogP contribution in [0.5, 0.6) is 0 Å². The van der Waals surface area contributed by atoms with E-state index in [4.69, 9.17) is 0 Å². The predicted octanol–water partition coefficient (Wildman–Crippen LogP) is 2.64. The fourth-order valence-electron chi connectivity index (χ4n) is 4.29. The molecule has 0 unspecified atom stereocenters. The summed E-state index contributed by atoms with van der Waals surface area (Å²) in [6.07, 6.45) is 2.71. The molecule has 0 bridgehead atoms. The Kier molecular flexibility index (Phi) is 5.00. The first kappa shape index (κ1) is 17.6. The van der Waals surface area contributed by atoms with Gasteiger partial charge in [-0.3, -0.25) is 9.69 Å². The van der Waals surface area contributed by atoms with Crippen LogP contribution in [0, 0.1) is 13.8 Å². The van der Waals surface area contributed by atoms with Gasteiger partial charge in [0.15, 0.2) is 0 Å². The van der Waals surface area contributed by atoms with Gasteiger partial charge in [0, 0.05) is 50.3 Å². The molecular formula is C21H30N4O. The molecule has 0 radical (unpaired) electrons. The highest BCUT2D eigenvalue weighted by atomic mass is 16.2. The SMILES string of the molecule is Cc1[nH]c2c(C(=O)N3CCN(CCN4CCCC4)CC3)cccc2c1C. The Labute approximate surface area is 155 Å². The van der Waals surface area contributed by atoms with Crippen molar-refractivity contribution in [2.75, 3.05) is 52.4 Å². The number of nitrogens with one attached hydrogen (secondary N) is 1. The van der Waals surface area contributed by atoms with Crippen LogP contribution in [0.1, 0.15) is 34.5 Å². The minimum absolute atomic E-state index is 0.163. The Morgan fingerprint density at radius 1 is 0.962 bits per heavy atom. The maximum Gasteiger partial charge on any atom is 0.256 e. The van der Waals surface area contributed by atoms with Crippen molar-refractivity contribution in [1.29, 1.82) is 0 Å². The monoisotopic (exact) mass is 354 g/mol. The number of aryl methyl sites for hydroxylation is 2. The van der Waals surface area contributed by atoms with Crippen molar-refractivity contribution in [3.63, 3.8) is 0 Å². The van der Waals surface area contributed by atoms with Crippen molar-refractivity contribution in [3.8, 4) is 0 Å². The molecule has 1 aromatic heterocycles. The van der Waals surface area contributed by atoms with Gasteiger partial charge in [0.2, 0.25) is 0 Å². The van der Waals surface area contributed by atoms with Gasteiger partial charge in [-0.25, -0.2) is 0 Å². The Morgan fingerprint density at radius 3 is 2.31 bits per heavy atom. The van der Waals surface area contributed by atoms with Crippen LogP contribution in [-0.2, 0) is 0 Å². The number of para-hydroxylation sites is 1. The van der Waals surface area contributed by atoms with E-state index in [-0.39, 0.29) is 5.91 Å². The number of aromatic amines is 1.